The second kappa shape index (κ2) is 4.84. The van der Waals surface area contributed by atoms with Gasteiger partial charge < -0.3 is 5.11 Å². The molecular weight excluding hydrogens is 251 g/mol. The Kier molecular flexibility index (Phi) is 3.75. The summed E-state index contributed by atoms with van der Waals surface area (Å²) >= 11 is 0. The third kappa shape index (κ3) is 3.60. The smallest absolute Gasteiger partial charge is 0.123 e. The van der Waals surface area contributed by atoms with Crippen LogP contribution in [0.2, 0.25) is 0 Å². The van der Waals surface area contributed by atoms with Gasteiger partial charge in [-0.25, -0.2) is 4.39 Å². The van der Waals surface area contributed by atoms with Crippen molar-refractivity contribution < 1.29 is 9.50 Å². The monoisotopic (exact) mass is 278 g/mol. The molecule has 1 aromatic rings. The lowest BCUT2D eigenvalue weighted by atomic mass is 9.58. The Balaban J connectivity index is 2.26. The van der Waals surface area contributed by atoms with Crippen molar-refractivity contribution in [3.63, 3.8) is 0 Å². The molecule has 1 aliphatic rings. The lowest BCUT2D eigenvalue weighted by Gasteiger charge is -2.49. The van der Waals surface area contributed by atoms with Crippen LogP contribution in [0.25, 0.3) is 0 Å². The van der Waals surface area contributed by atoms with E-state index >= 15 is 0 Å². The topological polar surface area (TPSA) is 20.2 Å². The van der Waals surface area contributed by atoms with E-state index in [0.717, 1.165) is 30.4 Å². The lowest BCUT2D eigenvalue weighted by molar-refractivity contribution is -0.0851. The zero-order valence-corrected chi connectivity index (χ0v) is 13.4. The van der Waals surface area contributed by atoms with E-state index in [1.165, 1.54) is 6.07 Å². The van der Waals surface area contributed by atoms with E-state index in [1.807, 2.05) is 13.0 Å². The number of hydrogen-bond acceptors (Lipinski definition) is 1. The first-order valence-electron chi connectivity index (χ1n) is 7.48. The van der Waals surface area contributed by atoms with E-state index in [-0.39, 0.29) is 16.6 Å². The fourth-order valence-electron chi connectivity index (χ4n) is 4.60. The van der Waals surface area contributed by atoms with E-state index in [0.29, 0.717) is 6.42 Å². The molecule has 0 aliphatic heterocycles. The summed E-state index contributed by atoms with van der Waals surface area (Å²) in [6.45, 7) is 10.8. The molecule has 0 radical (unpaired) electrons. The van der Waals surface area contributed by atoms with Crippen LogP contribution >= 0.6 is 0 Å². The predicted molar refractivity (Wildman–Crippen MR) is 81.2 cm³/mol. The van der Waals surface area contributed by atoms with Crippen molar-refractivity contribution >= 4 is 0 Å². The summed E-state index contributed by atoms with van der Waals surface area (Å²) < 4.78 is 13.2. The van der Waals surface area contributed by atoms with Gasteiger partial charge in [-0.3, -0.25) is 0 Å². The summed E-state index contributed by atoms with van der Waals surface area (Å²) in [7, 11) is 0. The summed E-state index contributed by atoms with van der Waals surface area (Å²) in [5.41, 5.74) is 1.59. The Bertz CT molecular complexity index is 486. The second-order valence-corrected chi connectivity index (χ2v) is 8.33. The third-order valence-corrected chi connectivity index (χ3v) is 4.40. The van der Waals surface area contributed by atoms with Crippen molar-refractivity contribution in [3.05, 3.63) is 35.1 Å². The summed E-state index contributed by atoms with van der Waals surface area (Å²) in [5, 5.41) is 11.1. The number of hydrogen-bond donors (Lipinski definition) is 1. The van der Waals surface area contributed by atoms with Crippen LogP contribution in [0, 0.1) is 23.6 Å². The molecule has 1 fully saturated rings. The van der Waals surface area contributed by atoms with Gasteiger partial charge in [0.15, 0.2) is 0 Å². The maximum absolute atomic E-state index is 13.2. The molecule has 0 aromatic heterocycles. The summed E-state index contributed by atoms with van der Waals surface area (Å²) in [5.74, 6) is -0.206. The maximum Gasteiger partial charge on any atom is 0.123 e. The average Bonchev–Trinajstić information content (AvgIpc) is 2.16. The Morgan fingerprint density at radius 1 is 1.05 bits per heavy atom. The molecule has 0 spiro atoms. The number of benzene rings is 1. The van der Waals surface area contributed by atoms with Crippen molar-refractivity contribution in [2.24, 2.45) is 10.8 Å². The van der Waals surface area contributed by atoms with Crippen LogP contribution in [0.15, 0.2) is 18.2 Å². The van der Waals surface area contributed by atoms with Crippen LogP contribution in [0.4, 0.5) is 4.39 Å². The molecule has 1 saturated carbocycles. The molecule has 0 bridgehead atoms. The highest BCUT2D eigenvalue weighted by molar-refractivity contribution is 5.28. The highest BCUT2D eigenvalue weighted by atomic mass is 19.1. The molecule has 1 aliphatic carbocycles. The predicted octanol–water partition coefficient (Wildman–Crippen LogP) is 4.64. The molecule has 1 N–H and O–H groups in total. The Morgan fingerprint density at radius 3 is 2.10 bits per heavy atom. The molecule has 1 nitrogen and oxygen atoms in total. The fourth-order valence-corrected chi connectivity index (χ4v) is 4.60. The SMILES string of the molecule is Cc1cc(F)ccc1CC1(O)CC(C)(C)CC(C)(C)C1. The van der Waals surface area contributed by atoms with Gasteiger partial charge in [0, 0.05) is 6.42 Å². The second-order valence-electron chi connectivity index (χ2n) is 8.33. The Labute approximate surface area is 122 Å². The zero-order chi connectivity index (χ0) is 15.2. The van der Waals surface area contributed by atoms with Crippen molar-refractivity contribution in [3.8, 4) is 0 Å². The molecule has 0 amide bonds. The molecule has 0 saturated heterocycles. The number of rotatable bonds is 2. The average molecular weight is 278 g/mol. The minimum atomic E-state index is -0.687. The number of halogens is 1. The van der Waals surface area contributed by atoms with Gasteiger partial charge in [0.05, 0.1) is 5.60 Å². The van der Waals surface area contributed by atoms with Crippen LogP contribution in [-0.4, -0.2) is 10.7 Å². The summed E-state index contributed by atoms with van der Waals surface area (Å²) in [6, 6.07) is 4.86. The maximum atomic E-state index is 13.2. The number of aryl methyl sites for hydroxylation is 1. The van der Waals surface area contributed by atoms with Crippen LogP contribution in [0.1, 0.15) is 58.1 Å². The van der Waals surface area contributed by atoms with Gasteiger partial charge in [-0.15, -0.1) is 0 Å². The van der Waals surface area contributed by atoms with Crippen LogP contribution in [0.3, 0.4) is 0 Å². The first kappa shape index (κ1) is 15.5. The normalized spacial score (nSPS) is 23.6. The van der Waals surface area contributed by atoms with Crippen molar-refractivity contribution in [1.29, 1.82) is 0 Å². The molecule has 2 heteroatoms. The first-order chi connectivity index (χ1) is 9.00. The van der Waals surface area contributed by atoms with E-state index in [9.17, 15) is 9.50 Å². The standard InChI is InChI=1S/C18H27FO/c1-13-8-15(19)7-6-14(13)9-18(20)11-16(2,3)10-17(4,5)12-18/h6-8,20H,9-12H2,1-5H3. The third-order valence-electron chi connectivity index (χ3n) is 4.40. The molecule has 112 valence electrons. The molecule has 20 heavy (non-hydrogen) atoms. The van der Waals surface area contributed by atoms with Gasteiger partial charge in [-0.1, -0.05) is 33.8 Å². The van der Waals surface area contributed by atoms with Crippen LogP contribution in [0.5, 0.6) is 0 Å². The van der Waals surface area contributed by atoms with E-state index < -0.39 is 5.60 Å². The zero-order valence-electron chi connectivity index (χ0n) is 13.4. The molecule has 1 aromatic carbocycles. The van der Waals surface area contributed by atoms with Crippen molar-refractivity contribution in [2.45, 2.75) is 65.9 Å². The van der Waals surface area contributed by atoms with Gasteiger partial charge in [-0.05, 0) is 60.3 Å². The molecule has 0 heterocycles. The first-order valence-corrected chi connectivity index (χ1v) is 7.48. The van der Waals surface area contributed by atoms with Gasteiger partial charge in [0.1, 0.15) is 5.82 Å². The Hall–Kier alpha value is -0.890. The van der Waals surface area contributed by atoms with Crippen LogP contribution < -0.4 is 0 Å². The molecule has 0 atom stereocenters. The van der Waals surface area contributed by atoms with Gasteiger partial charge in [-0.2, -0.15) is 0 Å². The largest absolute Gasteiger partial charge is 0.390 e. The summed E-state index contributed by atoms with van der Waals surface area (Å²) in [4.78, 5) is 0. The number of aliphatic hydroxyl groups is 1. The minimum Gasteiger partial charge on any atom is -0.390 e. The fraction of sp³-hybridized carbons (Fsp3) is 0.667. The molecular formula is C18H27FO. The van der Waals surface area contributed by atoms with E-state index in [2.05, 4.69) is 27.7 Å². The van der Waals surface area contributed by atoms with Crippen LogP contribution in [-0.2, 0) is 6.42 Å². The molecule has 0 unspecified atom stereocenters. The molecule has 2 rings (SSSR count). The van der Waals surface area contributed by atoms with E-state index in [4.69, 9.17) is 0 Å². The quantitative estimate of drug-likeness (QED) is 0.835. The van der Waals surface area contributed by atoms with Crippen molar-refractivity contribution in [1.82, 2.24) is 0 Å². The van der Waals surface area contributed by atoms with Gasteiger partial charge >= 0.3 is 0 Å². The Morgan fingerprint density at radius 2 is 1.60 bits per heavy atom. The highest BCUT2D eigenvalue weighted by Crippen LogP contribution is 2.51. The summed E-state index contributed by atoms with van der Waals surface area (Å²) in [6.07, 6.45) is 3.36. The van der Waals surface area contributed by atoms with Gasteiger partial charge in [0.2, 0.25) is 0 Å². The minimum absolute atomic E-state index is 0.143. The lowest BCUT2D eigenvalue weighted by Crippen LogP contribution is -2.47. The van der Waals surface area contributed by atoms with E-state index in [1.54, 1.807) is 6.07 Å². The van der Waals surface area contributed by atoms with Gasteiger partial charge in [0.25, 0.3) is 0 Å². The highest BCUT2D eigenvalue weighted by Gasteiger charge is 2.46. The van der Waals surface area contributed by atoms with Crippen molar-refractivity contribution in [2.75, 3.05) is 0 Å².